The number of aliphatic imine (C=N–C) groups is 1. The van der Waals surface area contributed by atoms with Gasteiger partial charge in [-0.3, -0.25) is 14.7 Å². The molecule has 2 heterocycles. The van der Waals surface area contributed by atoms with Crippen molar-refractivity contribution in [1.82, 2.24) is 30.1 Å². The number of nitrogens with zero attached hydrogens (tertiary/aromatic N) is 6. The van der Waals surface area contributed by atoms with Crippen LogP contribution in [0.4, 0.5) is 0 Å². The van der Waals surface area contributed by atoms with E-state index in [9.17, 15) is 4.79 Å². The van der Waals surface area contributed by atoms with Crippen LogP contribution in [0.1, 0.15) is 30.6 Å². The summed E-state index contributed by atoms with van der Waals surface area (Å²) >= 11 is 0. The standard InChI is InChI=1S/C21H31N7O2.HI/c1-4-19(17-8-6-5-7-9-17)26-10-12-27(13-11-26)21(22-2)23-14-18-15-28(25-24-18)16-20(29)30-3;/h5-9,15,19H,4,10-14,16H2,1-3H3,(H,22,23);1H. The maximum Gasteiger partial charge on any atom is 0.327 e. The number of carbonyl (C=O) groups excluding carboxylic acids is 1. The first-order valence-electron chi connectivity index (χ1n) is 10.3. The van der Waals surface area contributed by atoms with Crippen molar-refractivity contribution in [2.45, 2.75) is 32.5 Å². The average molecular weight is 541 g/mol. The highest BCUT2D eigenvalue weighted by atomic mass is 127. The molecule has 0 radical (unpaired) electrons. The molecule has 1 N–H and O–H groups in total. The Bertz CT molecular complexity index is 835. The first-order valence-corrected chi connectivity index (χ1v) is 10.3. The Kier molecular flexibility index (Phi) is 10.2. The van der Waals surface area contributed by atoms with Crippen LogP contribution < -0.4 is 5.32 Å². The lowest BCUT2D eigenvalue weighted by Crippen LogP contribution is -2.52. The van der Waals surface area contributed by atoms with Gasteiger partial charge in [0.2, 0.25) is 0 Å². The third kappa shape index (κ3) is 6.89. The topological polar surface area (TPSA) is 87.9 Å². The van der Waals surface area contributed by atoms with E-state index >= 15 is 0 Å². The lowest BCUT2D eigenvalue weighted by atomic mass is 10.0. The van der Waals surface area contributed by atoms with Gasteiger partial charge in [0, 0.05) is 39.3 Å². The van der Waals surface area contributed by atoms with Gasteiger partial charge in [0.05, 0.1) is 19.9 Å². The van der Waals surface area contributed by atoms with Gasteiger partial charge in [-0.25, -0.2) is 4.68 Å². The first-order chi connectivity index (χ1) is 14.6. The van der Waals surface area contributed by atoms with E-state index in [2.05, 4.69) is 72.4 Å². The highest BCUT2D eigenvalue weighted by Gasteiger charge is 2.25. The van der Waals surface area contributed by atoms with Gasteiger partial charge in [-0.2, -0.15) is 0 Å². The van der Waals surface area contributed by atoms with Gasteiger partial charge < -0.3 is 15.0 Å². The van der Waals surface area contributed by atoms with Crippen LogP contribution in [-0.2, 0) is 22.6 Å². The molecular weight excluding hydrogens is 509 g/mol. The maximum absolute atomic E-state index is 11.3. The normalized spacial score (nSPS) is 15.8. The molecule has 0 spiro atoms. The largest absolute Gasteiger partial charge is 0.468 e. The number of nitrogens with one attached hydrogen (secondary N) is 1. The SMILES string of the molecule is CCC(c1ccccc1)N1CCN(C(=NC)NCc2cn(CC(=O)OC)nn2)CC1.I. The number of guanidine groups is 1. The molecule has 3 rings (SSSR count). The van der Waals surface area contributed by atoms with Crippen molar-refractivity contribution in [3.63, 3.8) is 0 Å². The summed E-state index contributed by atoms with van der Waals surface area (Å²) in [4.78, 5) is 20.6. The van der Waals surface area contributed by atoms with Crippen molar-refractivity contribution in [2.24, 2.45) is 4.99 Å². The smallest absolute Gasteiger partial charge is 0.327 e. The van der Waals surface area contributed by atoms with E-state index < -0.39 is 0 Å². The molecule has 1 aromatic carbocycles. The van der Waals surface area contributed by atoms with E-state index in [0.717, 1.165) is 44.3 Å². The predicted molar refractivity (Wildman–Crippen MR) is 130 cm³/mol. The number of benzene rings is 1. The molecule has 10 heteroatoms. The number of hydrogen-bond donors (Lipinski definition) is 1. The monoisotopic (exact) mass is 541 g/mol. The van der Waals surface area contributed by atoms with E-state index in [1.165, 1.54) is 17.4 Å². The third-order valence-corrected chi connectivity index (χ3v) is 5.37. The zero-order valence-corrected chi connectivity index (χ0v) is 20.7. The Labute approximate surface area is 200 Å². The fourth-order valence-electron chi connectivity index (χ4n) is 3.82. The number of carbonyl (C=O) groups is 1. The molecule has 1 fully saturated rings. The predicted octanol–water partition coefficient (Wildman–Crippen LogP) is 1.91. The summed E-state index contributed by atoms with van der Waals surface area (Å²) in [6, 6.07) is 11.2. The molecule has 1 aromatic heterocycles. The molecule has 170 valence electrons. The van der Waals surface area contributed by atoms with Gasteiger partial charge in [0.25, 0.3) is 0 Å². The summed E-state index contributed by atoms with van der Waals surface area (Å²) in [5, 5.41) is 11.4. The third-order valence-electron chi connectivity index (χ3n) is 5.37. The minimum Gasteiger partial charge on any atom is -0.468 e. The van der Waals surface area contributed by atoms with E-state index in [0.29, 0.717) is 12.6 Å². The quantitative estimate of drug-likeness (QED) is 0.248. The molecule has 0 saturated carbocycles. The Morgan fingerprint density at radius 2 is 1.94 bits per heavy atom. The molecule has 2 aromatic rings. The van der Waals surface area contributed by atoms with E-state index in [1.807, 2.05) is 0 Å². The molecule has 0 amide bonds. The summed E-state index contributed by atoms with van der Waals surface area (Å²) in [6.07, 6.45) is 2.83. The van der Waals surface area contributed by atoms with Gasteiger partial charge in [-0.05, 0) is 12.0 Å². The minimum atomic E-state index is -0.353. The number of piperazine rings is 1. The fraction of sp³-hybridized carbons (Fsp3) is 0.524. The number of rotatable bonds is 7. The Balaban J connectivity index is 0.00000341. The summed E-state index contributed by atoms with van der Waals surface area (Å²) in [5.41, 5.74) is 2.12. The van der Waals surface area contributed by atoms with Gasteiger partial charge in [-0.1, -0.05) is 42.5 Å². The molecule has 31 heavy (non-hydrogen) atoms. The molecule has 0 bridgehead atoms. The molecule has 1 aliphatic heterocycles. The lowest BCUT2D eigenvalue weighted by Gasteiger charge is -2.40. The molecule has 1 unspecified atom stereocenters. The highest BCUT2D eigenvalue weighted by Crippen LogP contribution is 2.25. The molecule has 9 nitrogen and oxygen atoms in total. The van der Waals surface area contributed by atoms with Gasteiger partial charge in [-0.15, -0.1) is 29.1 Å². The highest BCUT2D eigenvalue weighted by molar-refractivity contribution is 14.0. The van der Waals surface area contributed by atoms with Crippen LogP contribution in [0.25, 0.3) is 0 Å². The summed E-state index contributed by atoms with van der Waals surface area (Å²) in [6.45, 7) is 6.61. The van der Waals surface area contributed by atoms with Crippen LogP contribution in [-0.4, -0.2) is 77.1 Å². The van der Waals surface area contributed by atoms with Crippen LogP contribution in [0.2, 0.25) is 0 Å². The first kappa shape index (κ1) is 25.1. The van der Waals surface area contributed by atoms with Crippen molar-refractivity contribution in [2.75, 3.05) is 40.3 Å². The van der Waals surface area contributed by atoms with Crippen molar-refractivity contribution in [3.8, 4) is 0 Å². The number of hydrogen-bond acceptors (Lipinski definition) is 6. The Morgan fingerprint density at radius 1 is 1.23 bits per heavy atom. The van der Waals surface area contributed by atoms with E-state index in [-0.39, 0.29) is 36.5 Å². The van der Waals surface area contributed by atoms with Crippen molar-refractivity contribution in [1.29, 1.82) is 0 Å². The molecule has 1 atom stereocenters. The van der Waals surface area contributed by atoms with Crippen LogP contribution >= 0.6 is 24.0 Å². The second-order valence-corrected chi connectivity index (χ2v) is 7.24. The second-order valence-electron chi connectivity index (χ2n) is 7.24. The number of aromatic nitrogens is 3. The van der Waals surface area contributed by atoms with Crippen LogP contribution in [0.3, 0.4) is 0 Å². The van der Waals surface area contributed by atoms with E-state index in [1.54, 1.807) is 13.2 Å². The Hall–Kier alpha value is -2.21. The molecule has 1 aliphatic rings. The van der Waals surface area contributed by atoms with E-state index in [4.69, 9.17) is 0 Å². The van der Waals surface area contributed by atoms with Gasteiger partial charge in [0.15, 0.2) is 5.96 Å². The summed E-state index contributed by atoms with van der Waals surface area (Å²) in [5.74, 6) is 0.499. The fourth-order valence-corrected chi connectivity index (χ4v) is 3.82. The van der Waals surface area contributed by atoms with Crippen LogP contribution in [0, 0.1) is 0 Å². The van der Waals surface area contributed by atoms with Gasteiger partial charge in [0.1, 0.15) is 12.2 Å². The number of methoxy groups -OCH3 is 1. The average Bonchev–Trinajstić information content (AvgIpc) is 3.23. The van der Waals surface area contributed by atoms with Crippen LogP contribution in [0.15, 0.2) is 41.5 Å². The number of ether oxygens (including phenoxy) is 1. The van der Waals surface area contributed by atoms with Crippen molar-refractivity contribution in [3.05, 3.63) is 47.8 Å². The zero-order chi connectivity index (χ0) is 21.3. The van der Waals surface area contributed by atoms with Crippen LogP contribution in [0.5, 0.6) is 0 Å². The lowest BCUT2D eigenvalue weighted by molar-refractivity contribution is -0.141. The summed E-state index contributed by atoms with van der Waals surface area (Å²) < 4.78 is 6.12. The number of halogens is 1. The number of esters is 1. The Morgan fingerprint density at radius 3 is 2.55 bits per heavy atom. The summed E-state index contributed by atoms with van der Waals surface area (Å²) in [7, 11) is 3.15. The zero-order valence-electron chi connectivity index (χ0n) is 18.4. The molecule has 1 saturated heterocycles. The van der Waals surface area contributed by atoms with Gasteiger partial charge >= 0.3 is 5.97 Å². The van der Waals surface area contributed by atoms with Crippen molar-refractivity contribution >= 4 is 35.9 Å². The van der Waals surface area contributed by atoms with Crippen molar-refractivity contribution < 1.29 is 9.53 Å². The maximum atomic E-state index is 11.3. The molecular formula is C21H32IN7O2. The minimum absolute atomic E-state index is 0. The second kappa shape index (κ2) is 12.6. The molecule has 0 aliphatic carbocycles.